The van der Waals surface area contributed by atoms with Gasteiger partial charge in [0.05, 0.1) is 31.1 Å². The third kappa shape index (κ3) is 4.02. The smallest absolute Gasteiger partial charge is 0.410 e. The zero-order valence-electron chi connectivity index (χ0n) is 13.4. The molecule has 1 heterocycles. The molecule has 0 aromatic heterocycles. The molecule has 0 N–H and O–H groups in total. The molecule has 1 aliphatic heterocycles. The topological polar surface area (TPSA) is 65.1 Å². The van der Waals surface area contributed by atoms with Gasteiger partial charge in [0.1, 0.15) is 6.61 Å². The van der Waals surface area contributed by atoms with Gasteiger partial charge < -0.3 is 13.8 Å². The third-order valence-electron chi connectivity index (χ3n) is 3.50. The minimum Gasteiger partial charge on any atom is -0.447 e. The molecule has 1 amide bonds. The van der Waals surface area contributed by atoms with Crippen molar-refractivity contribution in [2.24, 2.45) is 0 Å². The number of cyclic esters (lactones) is 1. The average Bonchev–Trinajstić information content (AvgIpc) is 2.90. The van der Waals surface area contributed by atoms with Gasteiger partial charge in [-0.2, -0.15) is 0 Å². The summed E-state index contributed by atoms with van der Waals surface area (Å²) in [4.78, 5) is 13.5. The first-order chi connectivity index (χ1) is 11.0. The Bertz CT molecular complexity index is 594. The maximum atomic E-state index is 12.7. The van der Waals surface area contributed by atoms with E-state index < -0.39 is 13.7 Å². The molecule has 0 aliphatic carbocycles. The Hall–Kier alpha value is -1.62. The lowest BCUT2D eigenvalue weighted by Gasteiger charge is -2.25. The van der Waals surface area contributed by atoms with E-state index in [1.54, 1.807) is 13.8 Å². The lowest BCUT2D eigenvalue weighted by Crippen LogP contribution is -2.29. The van der Waals surface area contributed by atoms with Crippen molar-refractivity contribution in [3.05, 3.63) is 47.8 Å². The molecular weight excluding hydrogens is 317 g/mol. The lowest BCUT2D eigenvalue weighted by atomic mass is 10.1. The normalized spacial score (nSPS) is 18.1. The Morgan fingerprint density at radius 1 is 1.30 bits per heavy atom. The number of ether oxygens (including phenoxy) is 1. The molecule has 1 fully saturated rings. The zero-order chi connectivity index (χ0) is 16.9. The highest BCUT2D eigenvalue weighted by Crippen LogP contribution is 2.55. The second kappa shape index (κ2) is 7.77. The number of nitrogens with zero attached hydrogens (tertiary/aromatic N) is 1. The van der Waals surface area contributed by atoms with Crippen LogP contribution >= 0.6 is 7.60 Å². The summed E-state index contributed by atoms with van der Waals surface area (Å²) in [6.07, 6.45) is -0.459. The molecule has 0 bridgehead atoms. The third-order valence-corrected chi connectivity index (χ3v) is 5.61. The van der Waals surface area contributed by atoms with Crippen LogP contribution in [0.1, 0.15) is 25.5 Å². The summed E-state index contributed by atoms with van der Waals surface area (Å²) < 4.78 is 28.4. The van der Waals surface area contributed by atoms with Crippen LogP contribution in [0.4, 0.5) is 4.79 Å². The van der Waals surface area contributed by atoms with Crippen molar-refractivity contribution in [2.75, 3.05) is 26.4 Å². The molecule has 7 heteroatoms. The van der Waals surface area contributed by atoms with Crippen LogP contribution in [-0.2, 0) is 18.3 Å². The summed E-state index contributed by atoms with van der Waals surface area (Å²) in [6.45, 7) is 8.09. The van der Waals surface area contributed by atoms with Crippen molar-refractivity contribution in [2.45, 2.75) is 19.9 Å². The Balaban J connectivity index is 2.17. The number of carbonyl (C=O) groups is 1. The van der Waals surface area contributed by atoms with Gasteiger partial charge in [-0.1, -0.05) is 36.9 Å². The lowest BCUT2D eigenvalue weighted by molar-refractivity contribution is 0.159. The first-order valence-corrected chi connectivity index (χ1v) is 9.12. The second-order valence-corrected chi connectivity index (χ2v) is 7.17. The number of hydrogen-bond donors (Lipinski definition) is 0. The van der Waals surface area contributed by atoms with Gasteiger partial charge in [0.15, 0.2) is 0 Å². The first-order valence-electron chi connectivity index (χ1n) is 7.57. The zero-order valence-corrected chi connectivity index (χ0v) is 14.3. The van der Waals surface area contributed by atoms with Crippen LogP contribution in [0.15, 0.2) is 42.2 Å². The molecule has 23 heavy (non-hydrogen) atoms. The van der Waals surface area contributed by atoms with Gasteiger partial charge in [-0.25, -0.2) is 4.79 Å². The molecule has 0 spiro atoms. The van der Waals surface area contributed by atoms with E-state index in [1.807, 2.05) is 30.3 Å². The van der Waals surface area contributed by atoms with Gasteiger partial charge in [-0.05, 0) is 19.4 Å². The van der Waals surface area contributed by atoms with E-state index in [4.69, 9.17) is 13.8 Å². The van der Waals surface area contributed by atoms with Crippen molar-refractivity contribution >= 4 is 13.7 Å². The fourth-order valence-electron chi connectivity index (χ4n) is 2.42. The first kappa shape index (κ1) is 17.7. The molecule has 0 unspecified atom stereocenters. The molecule has 1 aliphatic rings. The highest BCUT2D eigenvalue weighted by atomic mass is 31.2. The summed E-state index contributed by atoms with van der Waals surface area (Å²) in [7, 11) is -3.45. The van der Waals surface area contributed by atoms with Crippen molar-refractivity contribution in [1.82, 2.24) is 4.90 Å². The molecule has 1 atom stereocenters. The number of carbonyl (C=O) groups excluding carboxylic acids is 1. The minimum absolute atomic E-state index is 0.0652. The van der Waals surface area contributed by atoms with E-state index >= 15 is 0 Å². The van der Waals surface area contributed by atoms with Crippen LogP contribution in [-0.4, -0.2) is 37.4 Å². The van der Waals surface area contributed by atoms with Crippen molar-refractivity contribution < 1.29 is 23.1 Å². The number of amides is 1. The minimum atomic E-state index is -3.45. The predicted molar refractivity (Wildman–Crippen MR) is 87.2 cm³/mol. The summed E-state index contributed by atoms with van der Waals surface area (Å²) in [6, 6.07) is 9.31. The maximum absolute atomic E-state index is 12.7. The fourth-order valence-corrected chi connectivity index (χ4v) is 3.86. The standard InChI is InChI=1S/C16H22NO5P/c1-4-21-23(19,22-5-2)13(3)11-17-15(12-20-16(17)18)14-9-7-6-8-10-14/h6-10,15H,3-5,11-12H2,1-2H3/t15-/m0/s1. The molecular formula is C16H22NO5P. The number of rotatable bonds is 8. The molecule has 126 valence electrons. The van der Waals surface area contributed by atoms with E-state index in [0.29, 0.717) is 0 Å². The summed E-state index contributed by atoms with van der Waals surface area (Å²) in [5, 5.41) is 0.251. The van der Waals surface area contributed by atoms with Crippen molar-refractivity contribution in [3.8, 4) is 0 Å². The Morgan fingerprint density at radius 3 is 2.48 bits per heavy atom. The van der Waals surface area contributed by atoms with E-state index in [9.17, 15) is 9.36 Å². The van der Waals surface area contributed by atoms with Crippen LogP contribution in [0.3, 0.4) is 0 Å². The Morgan fingerprint density at radius 2 is 1.91 bits per heavy atom. The SMILES string of the molecule is C=C(CN1C(=O)OC[C@H]1c1ccccc1)P(=O)(OCC)OCC. The van der Waals surface area contributed by atoms with Gasteiger partial charge >= 0.3 is 13.7 Å². The van der Waals surface area contributed by atoms with Gasteiger partial charge in [-0.3, -0.25) is 9.46 Å². The number of hydrogen-bond acceptors (Lipinski definition) is 5. The van der Waals surface area contributed by atoms with Gasteiger partial charge in [0.2, 0.25) is 0 Å². The van der Waals surface area contributed by atoms with E-state index in [0.717, 1.165) is 5.56 Å². The molecule has 1 saturated heterocycles. The molecule has 0 radical (unpaired) electrons. The molecule has 1 aromatic rings. The fraction of sp³-hybridized carbons (Fsp3) is 0.438. The highest BCUT2D eigenvalue weighted by Gasteiger charge is 2.38. The van der Waals surface area contributed by atoms with E-state index in [2.05, 4.69) is 6.58 Å². The van der Waals surface area contributed by atoms with Gasteiger partial charge in [0, 0.05) is 0 Å². The van der Waals surface area contributed by atoms with Gasteiger partial charge in [-0.15, -0.1) is 0 Å². The quantitative estimate of drug-likeness (QED) is 0.671. The largest absolute Gasteiger partial charge is 0.447 e. The van der Waals surface area contributed by atoms with E-state index in [-0.39, 0.29) is 37.7 Å². The Kier molecular flexibility index (Phi) is 5.99. The van der Waals surface area contributed by atoms with Crippen LogP contribution in [0, 0.1) is 0 Å². The molecule has 0 saturated carbocycles. The highest BCUT2D eigenvalue weighted by molar-refractivity contribution is 7.58. The van der Waals surface area contributed by atoms with Crippen LogP contribution in [0.25, 0.3) is 0 Å². The molecule has 6 nitrogen and oxygen atoms in total. The van der Waals surface area contributed by atoms with Crippen LogP contribution < -0.4 is 0 Å². The van der Waals surface area contributed by atoms with E-state index in [1.165, 1.54) is 4.90 Å². The summed E-state index contributed by atoms with van der Waals surface area (Å²) in [5.74, 6) is 0. The summed E-state index contributed by atoms with van der Waals surface area (Å²) in [5.41, 5.74) is 0.953. The van der Waals surface area contributed by atoms with Gasteiger partial charge in [0.25, 0.3) is 0 Å². The van der Waals surface area contributed by atoms with Crippen LogP contribution in [0.2, 0.25) is 0 Å². The predicted octanol–water partition coefficient (Wildman–Crippen LogP) is 3.96. The van der Waals surface area contributed by atoms with Crippen LogP contribution in [0.5, 0.6) is 0 Å². The maximum Gasteiger partial charge on any atom is 0.410 e. The summed E-state index contributed by atoms with van der Waals surface area (Å²) >= 11 is 0. The molecule has 2 rings (SSSR count). The second-order valence-electron chi connectivity index (χ2n) is 5.03. The van der Waals surface area contributed by atoms with Crippen molar-refractivity contribution in [1.29, 1.82) is 0 Å². The Labute approximate surface area is 136 Å². The monoisotopic (exact) mass is 339 g/mol. The number of benzene rings is 1. The van der Waals surface area contributed by atoms with Crippen molar-refractivity contribution in [3.63, 3.8) is 0 Å². The average molecular weight is 339 g/mol. The molecule has 1 aromatic carbocycles.